The van der Waals surface area contributed by atoms with Crippen molar-refractivity contribution < 1.29 is 17.6 Å². The lowest BCUT2D eigenvalue weighted by molar-refractivity contribution is -0.121. The molecule has 1 heterocycles. The molecule has 7 nitrogen and oxygen atoms in total. The van der Waals surface area contributed by atoms with E-state index in [2.05, 4.69) is 10.3 Å². The number of imidazole rings is 1. The average molecular weight is 404 g/mol. The highest BCUT2D eigenvalue weighted by molar-refractivity contribution is 7.90. The summed E-state index contributed by atoms with van der Waals surface area (Å²) >= 11 is 0. The van der Waals surface area contributed by atoms with Gasteiger partial charge in [0.2, 0.25) is 21.9 Å². The molecule has 1 aromatic heterocycles. The van der Waals surface area contributed by atoms with Gasteiger partial charge in [0.15, 0.2) is 0 Å². The second-order valence-electron chi connectivity index (χ2n) is 6.40. The van der Waals surface area contributed by atoms with Crippen molar-refractivity contribution in [2.45, 2.75) is 19.3 Å². The third-order valence-corrected chi connectivity index (χ3v) is 6.29. The number of nitrogens with zero attached hydrogens (tertiary/aromatic N) is 2. The van der Waals surface area contributed by atoms with Gasteiger partial charge in [0.05, 0.1) is 22.7 Å². The van der Waals surface area contributed by atoms with Gasteiger partial charge in [0.1, 0.15) is 5.82 Å². The summed E-state index contributed by atoms with van der Waals surface area (Å²) in [6, 6.07) is 10.6. The van der Waals surface area contributed by atoms with Gasteiger partial charge in [0, 0.05) is 7.05 Å². The van der Waals surface area contributed by atoms with E-state index in [0.717, 1.165) is 3.97 Å². The number of benzene rings is 2. The van der Waals surface area contributed by atoms with Gasteiger partial charge < -0.3 is 11.1 Å². The Bertz CT molecular complexity index is 1140. The van der Waals surface area contributed by atoms with Crippen LogP contribution in [0.3, 0.4) is 0 Å². The normalized spacial score (nSPS) is 12.8. The first kappa shape index (κ1) is 19.8. The molecule has 3 rings (SSSR count). The van der Waals surface area contributed by atoms with Crippen molar-refractivity contribution in [2.75, 3.05) is 18.5 Å². The highest BCUT2D eigenvalue weighted by Gasteiger charge is 2.25. The Balaban J connectivity index is 2.23. The predicted molar refractivity (Wildman–Crippen MR) is 106 cm³/mol. The van der Waals surface area contributed by atoms with Crippen molar-refractivity contribution in [3.05, 3.63) is 59.4 Å². The molecule has 0 aliphatic rings. The molecule has 0 radical (unpaired) electrons. The number of amides is 1. The number of nitrogen functional groups attached to an aromatic ring is 1. The van der Waals surface area contributed by atoms with Crippen LogP contribution < -0.4 is 11.1 Å². The molecule has 0 aliphatic heterocycles. The number of nitrogens with one attached hydrogen (secondary N) is 1. The molecule has 1 amide bonds. The predicted octanol–water partition coefficient (Wildman–Crippen LogP) is 2.22. The van der Waals surface area contributed by atoms with Crippen LogP contribution in [-0.2, 0) is 14.8 Å². The summed E-state index contributed by atoms with van der Waals surface area (Å²) in [5, 5.41) is 2.57. The van der Waals surface area contributed by atoms with Crippen molar-refractivity contribution in [1.29, 1.82) is 0 Å². The van der Waals surface area contributed by atoms with Crippen LogP contribution in [0.25, 0.3) is 11.0 Å². The summed E-state index contributed by atoms with van der Waals surface area (Å²) in [7, 11) is -2.21. The number of anilines is 1. The van der Waals surface area contributed by atoms with Crippen LogP contribution >= 0.6 is 0 Å². The zero-order chi connectivity index (χ0) is 20.5. The van der Waals surface area contributed by atoms with E-state index >= 15 is 0 Å². The molecule has 0 aliphatic carbocycles. The quantitative estimate of drug-likeness (QED) is 0.655. The van der Waals surface area contributed by atoms with E-state index in [4.69, 9.17) is 5.73 Å². The molecule has 0 spiro atoms. The molecule has 9 heteroatoms. The summed E-state index contributed by atoms with van der Waals surface area (Å²) in [6.45, 7) is 1.75. The van der Waals surface area contributed by atoms with Gasteiger partial charge in [-0.15, -0.1) is 0 Å². The molecular weight excluding hydrogens is 383 g/mol. The van der Waals surface area contributed by atoms with E-state index in [1.54, 1.807) is 31.2 Å². The number of rotatable bonds is 6. The Kier molecular flexibility index (Phi) is 5.37. The Hall–Kier alpha value is -2.94. The van der Waals surface area contributed by atoms with Gasteiger partial charge in [-0.3, -0.25) is 4.79 Å². The Morgan fingerprint density at radius 3 is 2.61 bits per heavy atom. The SMILES string of the molecule is CCCS(=O)(=O)n1c(N)nc2ccc(C(C(=O)NC)c3cccc(F)c3)cc21. The molecular formula is C19H21FN4O3S. The minimum absolute atomic E-state index is 0.0876. The molecule has 28 heavy (non-hydrogen) atoms. The maximum atomic E-state index is 13.7. The van der Waals surface area contributed by atoms with Crippen molar-refractivity contribution in [1.82, 2.24) is 14.3 Å². The van der Waals surface area contributed by atoms with Crippen LogP contribution in [0.15, 0.2) is 42.5 Å². The number of hydrogen-bond donors (Lipinski definition) is 2. The smallest absolute Gasteiger partial charge is 0.241 e. The van der Waals surface area contributed by atoms with E-state index in [9.17, 15) is 17.6 Å². The summed E-state index contributed by atoms with van der Waals surface area (Å²) in [5.74, 6) is -1.85. The number of hydrogen-bond acceptors (Lipinski definition) is 5. The molecule has 1 unspecified atom stereocenters. The third-order valence-electron chi connectivity index (χ3n) is 4.43. The fourth-order valence-corrected chi connectivity index (χ4v) is 4.71. The van der Waals surface area contributed by atoms with Crippen molar-refractivity contribution in [3.8, 4) is 0 Å². The molecule has 3 aromatic rings. The molecule has 2 aromatic carbocycles. The minimum Gasteiger partial charge on any atom is -0.368 e. The van der Waals surface area contributed by atoms with Crippen molar-refractivity contribution in [3.63, 3.8) is 0 Å². The lowest BCUT2D eigenvalue weighted by Crippen LogP contribution is -2.26. The Morgan fingerprint density at radius 1 is 1.25 bits per heavy atom. The molecule has 0 saturated heterocycles. The van der Waals surface area contributed by atoms with Crippen LogP contribution in [0.2, 0.25) is 0 Å². The van der Waals surface area contributed by atoms with Gasteiger partial charge in [-0.2, -0.15) is 0 Å². The highest BCUT2D eigenvalue weighted by Crippen LogP contribution is 2.30. The lowest BCUT2D eigenvalue weighted by atomic mass is 9.90. The second kappa shape index (κ2) is 7.59. The second-order valence-corrected chi connectivity index (χ2v) is 8.34. The van der Waals surface area contributed by atoms with Gasteiger partial charge in [-0.1, -0.05) is 25.1 Å². The number of nitrogens with two attached hydrogens (primary N) is 1. The minimum atomic E-state index is -3.70. The Labute approximate surface area is 162 Å². The summed E-state index contributed by atoms with van der Waals surface area (Å²) in [5.41, 5.74) is 7.50. The van der Waals surface area contributed by atoms with Crippen LogP contribution in [0, 0.1) is 5.82 Å². The molecule has 0 fully saturated rings. The Morgan fingerprint density at radius 2 is 1.96 bits per heavy atom. The summed E-state index contributed by atoms with van der Waals surface area (Å²) in [4.78, 5) is 16.7. The fraction of sp³-hybridized carbons (Fsp3) is 0.263. The van der Waals surface area contributed by atoms with Gasteiger partial charge >= 0.3 is 0 Å². The maximum absolute atomic E-state index is 13.7. The largest absolute Gasteiger partial charge is 0.368 e. The molecule has 0 bridgehead atoms. The average Bonchev–Trinajstić information content (AvgIpc) is 2.97. The van der Waals surface area contributed by atoms with Crippen LogP contribution in [0.1, 0.15) is 30.4 Å². The standard InChI is InChI=1S/C19H21FN4O3S/c1-3-9-28(26,27)24-16-11-13(7-8-15(16)23-19(24)21)17(18(25)22-2)12-5-4-6-14(20)10-12/h4-8,10-11,17H,3,9H2,1-2H3,(H2,21,23)(H,22,25). The van der Waals surface area contributed by atoms with Crippen molar-refractivity contribution >= 4 is 32.9 Å². The first-order valence-electron chi connectivity index (χ1n) is 8.76. The monoisotopic (exact) mass is 404 g/mol. The van der Waals surface area contributed by atoms with Crippen LogP contribution in [-0.4, -0.2) is 36.1 Å². The first-order valence-corrected chi connectivity index (χ1v) is 10.4. The first-order chi connectivity index (χ1) is 13.3. The zero-order valence-corrected chi connectivity index (χ0v) is 16.3. The zero-order valence-electron chi connectivity index (χ0n) is 15.5. The van der Waals surface area contributed by atoms with Crippen molar-refractivity contribution in [2.24, 2.45) is 0 Å². The van der Waals surface area contributed by atoms with Gasteiger partial charge in [-0.25, -0.2) is 21.8 Å². The third kappa shape index (κ3) is 3.57. The van der Waals surface area contributed by atoms with Gasteiger partial charge in [0.25, 0.3) is 0 Å². The lowest BCUT2D eigenvalue weighted by Gasteiger charge is -2.17. The molecule has 1 atom stereocenters. The fourth-order valence-electron chi connectivity index (χ4n) is 3.24. The number of aromatic nitrogens is 2. The van der Waals surface area contributed by atoms with E-state index in [0.29, 0.717) is 23.1 Å². The summed E-state index contributed by atoms with van der Waals surface area (Å²) < 4.78 is 40.0. The number of halogens is 1. The number of fused-ring (bicyclic) bond motifs is 1. The van der Waals surface area contributed by atoms with E-state index in [-0.39, 0.29) is 23.1 Å². The van der Waals surface area contributed by atoms with Crippen LogP contribution in [0.4, 0.5) is 10.3 Å². The molecule has 0 saturated carbocycles. The van der Waals surface area contributed by atoms with E-state index in [1.165, 1.54) is 25.2 Å². The van der Waals surface area contributed by atoms with E-state index < -0.39 is 21.8 Å². The van der Waals surface area contributed by atoms with Gasteiger partial charge in [-0.05, 0) is 41.8 Å². The topological polar surface area (TPSA) is 107 Å². The summed E-state index contributed by atoms with van der Waals surface area (Å²) in [6.07, 6.45) is 0.422. The van der Waals surface area contributed by atoms with Crippen LogP contribution in [0.5, 0.6) is 0 Å². The van der Waals surface area contributed by atoms with E-state index in [1.807, 2.05) is 0 Å². The number of carbonyl (C=O) groups excluding carboxylic acids is 1. The number of likely N-dealkylation sites (N-methyl/N-ethyl adjacent to an activating group) is 1. The molecule has 148 valence electrons. The number of carbonyl (C=O) groups is 1. The molecule has 3 N–H and O–H groups in total. The maximum Gasteiger partial charge on any atom is 0.241 e. The highest BCUT2D eigenvalue weighted by atomic mass is 32.2.